The minimum absolute atomic E-state index is 0.154. The van der Waals surface area contributed by atoms with Crippen LogP contribution in [0, 0.1) is 0 Å². The minimum atomic E-state index is 0.154. The second-order valence-corrected chi connectivity index (χ2v) is 4.04. The predicted octanol–water partition coefficient (Wildman–Crippen LogP) is 2.42. The van der Waals surface area contributed by atoms with Gasteiger partial charge in [0.05, 0.1) is 6.61 Å². The highest BCUT2D eigenvalue weighted by Crippen LogP contribution is 2.21. The fourth-order valence-corrected chi connectivity index (χ4v) is 1.66. The number of hydrogen-bond acceptors (Lipinski definition) is 2. The van der Waals surface area contributed by atoms with E-state index in [2.05, 4.69) is 0 Å². The summed E-state index contributed by atoms with van der Waals surface area (Å²) in [6, 6.07) is 5.44. The van der Waals surface area contributed by atoms with Crippen molar-refractivity contribution in [3.8, 4) is 0 Å². The Bertz CT molecular complexity index is 304. The summed E-state index contributed by atoms with van der Waals surface area (Å²) < 4.78 is 0. The summed E-state index contributed by atoms with van der Waals surface area (Å²) in [5.41, 5.74) is 1.02. The summed E-state index contributed by atoms with van der Waals surface area (Å²) in [6.07, 6.45) is 0. The third-order valence-corrected chi connectivity index (χ3v) is 2.52. The molecule has 2 nitrogen and oxygen atoms in total. The molecule has 0 saturated carbocycles. The van der Waals surface area contributed by atoms with Gasteiger partial charge >= 0.3 is 0 Å². The molecule has 1 N–H and O–H groups in total. The van der Waals surface area contributed by atoms with Crippen LogP contribution in [-0.4, -0.2) is 30.2 Å². The summed E-state index contributed by atoms with van der Waals surface area (Å²) in [7, 11) is 1.93. The fraction of sp³-hybridized carbons (Fsp3) is 0.400. The summed E-state index contributed by atoms with van der Waals surface area (Å²) in [5, 5.41) is 10.0. The number of rotatable bonds is 4. The summed E-state index contributed by atoms with van der Waals surface area (Å²) in [6.45, 7) is 1.51. The first-order valence-corrected chi connectivity index (χ1v) is 5.12. The summed E-state index contributed by atoms with van der Waals surface area (Å²) >= 11 is 11.8. The first-order chi connectivity index (χ1) is 6.63. The largest absolute Gasteiger partial charge is 0.395 e. The van der Waals surface area contributed by atoms with E-state index in [4.69, 9.17) is 28.3 Å². The van der Waals surface area contributed by atoms with E-state index in [1.807, 2.05) is 24.1 Å². The van der Waals surface area contributed by atoms with Crippen molar-refractivity contribution >= 4 is 23.2 Å². The number of benzene rings is 1. The standard InChI is InChI=1S/C10H13Cl2NO/c1-13(4-5-14)7-8-2-3-9(11)6-10(8)12/h2-3,6,14H,4-5,7H2,1H3. The van der Waals surface area contributed by atoms with E-state index in [0.29, 0.717) is 16.6 Å². The number of nitrogens with zero attached hydrogens (tertiary/aromatic N) is 1. The Morgan fingerprint density at radius 3 is 2.64 bits per heavy atom. The SMILES string of the molecule is CN(CCO)Cc1ccc(Cl)cc1Cl. The molecular weight excluding hydrogens is 221 g/mol. The second-order valence-electron chi connectivity index (χ2n) is 3.20. The average Bonchev–Trinajstić information content (AvgIpc) is 2.10. The van der Waals surface area contributed by atoms with E-state index in [-0.39, 0.29) is 6.61 Å². The van der Waals surface area contributed by atoms with Crippen LogP contribution in [0.5, 0.6) is 0 Å². The number of aliphatic hydroxyl groups excluding tert-OH is 1. The lowest BCUT2D eigenvalue weighted by Crippen LogP contribution is -2.21. The molecule has 0 amide bonds. The van der Waals surface area contributed by atoms with Crippen LogP contribution in [0.2, 0.25) is 10.0 Å². The maximum absolute atomic E-state index is 8.73. The molecule has 1 rings (SSSR count). The predicted molar refractivity (Wildman–Crippen MR) is 59.9 cm³/mol. The molecule has 0 aliphatic carbocycles. The van der Waals surface area contributed by atoms with Crippen LogP contribution >= 0.6 is 23.2 Å². The topological polar surface area (TPSA) is 23.5 Å². The molecule has 0 fully saturated rings. The van der Waals surface area contributed by atoms with Gasteiger partial charge in [-0.15, -0.1) is 0 Å². The molecule has 78 valence electrons. The van der Waals surface area contributed by atoms with E-state index in [9.17, 15) is 0 Å². The lowest BCUT2D eigenvalue weighted by molar-refractivity contribution is 0.217. The lowest BCUT2D eigenvalue weighted by atomic mass is 10.2. The van der Waals surface area contributed by atoms with Gasteiger partial charge < -0.3 is 5.11 Å². The summed E-state index contributed by atoms with van der Waals surface area (Å²) in [4.78, 5) is 2.00. The van der Waals surface area contributed by atoms with Gasteiger partial charge in [0.2, 0.25) is 0 Å². The Morgan fingerprint density at radius 1 is 1.36 bits per heavy atom. The van der Waals surface area contributed by atoms with Crippen LogP contribution in [0.4, 0.5) is 0 Å². The highest BCUT2D eigenvalue weighted by molar-refractivity contribution is 6.35. The highest BCUT2D eigenvalue weighted by Gasteiger charge is 2.04. The molecule has 0 spiro atoms. The third kappa shape index (κ3) is 3.46. The van der Waals surface area contributed by atoms with Gasteiger partial charge in [-0.3, -0.25) is 4.90 Å². The number of likely N-dealkylation sites (N-methyl/N-ethyl adjacent to an activating group) is 1. The second kappa shape index (κ2) is 5.56. The van der Waals surface area contributed by atoms with Crippen molar-refractivity contribution in [2.75, 3.05) is 20.2 Å². The van der Waals surface area contributed by atoms with Crippen LogP contribution in [0.3, 0.4) is 0 Å². The van der Waals surface area contributed by atoms with Crippen LogP contribution < -0.4 is 0 Å². The Labute approximate surface area is 94.1 Å². The molecule has 0 aromatic heterocycles. The Morgan fingerprint density at radius 2 is 2.07 bits per heavy atom. The van der Waals surface area contributed by atoms with Crippen molar-refractivity contribution in [1.29, 1.82) is 0 Å². The third-order valence-electron chi connectivity index (χ3n) is 1.94. The smallest absolute Gasteiger partial charge is 0.0558 e. The average molecular weight is 234 g/mol. The Hall–Kier alpha value is -0.280. The zero-order valence-electron chi connectivity index (χ0n) is 8.00. The molecule has 0 aliphatic heterocycles. The molecule has 14 heavy (non-hydrogen) atoms. The molecule has 0 saturated heterocycles. The van der Waals surface area contributed by atoms with E-state index < -0.39 is 0 Å². The maximum atomic E-state index is 8.73. The van der Waals surface area contributed by atoms with E-state index >= 15 is 0 Å². The van der Waals surface area contributed by atoms with Gasteiger partial charge in [-0.2, -0.15) is 0 Å². The Balaban J connectivity index is 2.67. The molecule has 0 unspecified atom stereocenters. The van der Waals surface area contributed by atoms with Crippen molar-refractivity contribution in [3.63, 3.8) is 0 Å². The molecule has 0 bridgehead atoms. The first kappa shape index (κ1) is 11.8. The van der Waals surface area contributed by atoms with E-state index in [1.165, 1.54) is 0 Å². The zero-order valence-corrected chi connectivity index (χ0v) is 9.52. The van der Waals surface area contributed by atoms with Crippen molar-refractivity contribution in [2.45, 2.75) is 6.54 Å². The number of aliphatic hydroxyl groups is 1. The first-order valence-electron chi connectivity index (χ1n) is 4.37. The van der Waals surface area contributed by atoms with E-state index in [1.54, 1.807) is 6.07 Å². The minimum Gasteiger partial charge on any atom is -0.395 e. The Kier molecular flexibility index (Phi) is 4.69. The van der Waals surface area contributed by atoms with Crippen LogP contribution in [0.1, 0.15) is 5.56 Å². The van der Waals surface area contributed by atoms with Crippen LogP contribution in [0.25, 0.3) is 0 Å². The molecule has 4 heteroatoms. The van der Waals surface area contributed by atoms with Gasteiger partial charge in [-0.1, -0.05) is 29.3 Å². The van der Waals surface area contributed by atoms with Gasteiger partial charge in [-0.05, 0) is 24.7 Å². The maximum Gasteiger partial charge on any atom is 0.0558 e. The molecule has 0 heterocycles. The fourth-order valence-electron chi connectivity index (χ4n) is 1.19. The molecular formula is C10H13Cl2NO. The zero-order chi connectivity index (χ0) is 10.6. The van der Waals surface area contributed by atoms with Crippen molar-refractivity contribution in [1.82, 2.24) is 4.90 Å². The number of halogens is 2. The van der Waals surface area contributed by atoms with Crippen molar-refractivity contribution < 1.29 is 5.11 Å². The van der Waals surface area contributed by atoms with E-state index in [0.717, 1.165) is 12.1 Å². The van der Waals surface area contributed by atoms with Crippen LogP contribution in [0.15, 0.2) is 18.2 Å². The van der Waals surface area contributed by atoms with Gasteiger partial charge in [0.25, 0.3) is 0 Å². The molecule has 0 aliphatic rings. The quantitative estimate of drug-likeness (QED) is 0.864. The van der Waals surface area contributed by atoms with Crippen molar-refractivity contribution in [3.05, 3.63) is 33.8 Å². The molecule has 1 aromatic rings. The summed E-state index contributed by atoms with van der Waals surface area (Å²) in [5.74, 6) is 0. The molecule has 0 radical (unpaired) electrons. The lowest BCUT2D eigenvalue weighted by Gasteiger charge is -2.15. The number of hydrogen-bond donors (Lipinski definition) is 1. The molecule has 1 aromatic carbocycles. The normalized spacial score (nSPS) is 10.9. The van der Waals surface area contributed by atoms with Gasteiger partial charge in [-0.25, -0.2) is 0 Å². The van der Waals surface area contributed by atoms with Crippen molar-refractivity contribution in [2.24, 2.45) is 0 Å². The molecule has 0 atom stereocenters. The van der Waals surface area contributed by atoms with Gasteiger partial charge in [0.1, 0.15) is 0 Å². The van der Waals surface area contributed by atoms with Gasteiger partial charge in [0, 0.05) is 23.1 Å². The monoisotopic (exact) mass is 233 g/mol. The van der Waals surface area contributed by atoms with Crippen LogP contribution in [-0.2, 0) is 6.54 Å². The highest BCUT2D eigenvalue weighted by atomic mass is 35.5. The van der Waals surface area contributed by atoms with Gasteiger partial charge in [0.15, 0.2) is 0 Å².